The summed E-state index contributed by atoms with van der Waals surface area (Å²) in [4.78, 5) is 2.48. The standard InChI is InChI=1S/C12H15FN2OS/c1-15(7-12(14)17)6-10-5-8-4-9(13)2-3-11(8)16-10/h2-4,10H,5-7H2,1H3,(H2,14,17). The van der Waals surface area contributed by atoms with Crippen molar-refractivity contribution in [1.82, 2.24) is 4.90 Å². The molecule has 17 heavy (non-hydrogen) atoms. The van der Waals surface area contributed by atoms with E-state index in [-0.39, 0.29) is 11.9 Å². The number of nitrogens with two attached hydrogens (primary N) is 1. The Balaban J connectivity index is 1.94. The lowest BCUT2D eigenvalue weighted by atomic mass is 10.1. The summed E-state index contributed by atoms with van der Waals surface area (Å²) in [6.45, 7) is 1.30. The molecule has 3 nitrogen and oxygen atoms in total. The highest BCUT2D eigenvalue weighted by atomic mass is 32.1. The van der Waals surface area contributed by atoms with Crippen LogP contribution in [0, 0.1) is 5.82 Å². The molecular weight excluding hydrogens is 239 g/mol. The highest BCUT2D eigenvalue weighted by Gasteiger charge is 2.24. The molecule has 1 aromatic rings. The minimum Gasteiger partial charge on any atom is -0.488 e. The Morgan fingerprint density at radius 1 is 1.65 bits per heavy atom. The molecular formula is C12H15FN2OS. The third kappa shape index (κ3) is 3.14. The van der Waals surface area contributed by atoms with Gasteiger partial charge in [0.25, 0.3) is 0 Å². The summed E-state index contributed by atoms with van der Waals surface area (Å²) in [6.07, 6.45) is 0.778. The van der Waals surface area contributed by atoms with Crippen LogP contribution in [0.2, 0.25) is 0 Å². The molecule has 92 valence electrons. The van der Waals surface area contributed by atoms with E-state index in [1.807, 2.05) is 11.9 Å². The first-order valence-electron chi connectivity index (χ1n) is 5.46. The molecule has 1 aliphatic rings. The lowest BCUT2D eigenvalue weighted by molar-refractivity contribution is 0.178. The molecule has 0 spiro atoms. The predicted octanol–water partition coefficient (Wildman–Crippen LogP) is 1.35. The maximum atomic E-state index is 13.0. The van der Waals surface area contributed by atoms with Crippen LogP contribution in [0.1, 0.15) is 5.56 Å². The molecule has 1 aliphatic heterocycles. The third-order valence-electron chi connectivity index (χ3n) is 2.70. The molecule has 1 atom stereocenters. The number of nitrogens with zero attached hydrogens (tertiary/aromatic N) is 1. The van der Waals surface area contributed by atoms with E-state index in [4.69, 9.17) is 22.7 Å². The van der Waals surface area contributed by atoms with Crippen LogP contribution in [0.25, 0.3) is 0 Å². The molecule has 1 unspecified atom stereocenters. The van der Waals surface area contributed by atoms with Gasteiger partial charge in [-0.2, -0.15) is 0 Å². The minimum atomic E-state index is -0.218. The monoisotopic (exact) mass is 254 g/mol. The van der Waals surface area contributed by atoms with E-state index in [1.165, 1.54) is 12.1 Å². The number of hydrogen-bond donors (Lipinski definition) is 1. The third-order valence-corrected chi connectivity index (χ3v) is 2.83. The molecule has 2 rings (SSSR count). The van der Waals surface area contributed by atoms with Crippen molar-refractivity contribution in [3.8, 4) is 5.75 Å². The van der Waals surface area contributed by atoms with Crippen molar-refractivity contribution < 1.29 is 9.13 Å². The number of thiocarbonyl (C=S) groups is 1. The van der Waals surface area contributed by atoms with Crippen LogP contribution in [0.5, 0.6) is 5.75 Å². The van der Waals surface area contributed by atoms with Crippen LogP contribution < -0.4 is 10.5 Å². The van der Waals surface area contributed by atoms with E-state index in [9.17, 15) is 4.39 Å². The highest BCUT2D eigenvalue weighted by Crippen LogP contribution is 2.29. The van der Waals surface area contributed by atoms with Crippen LogP contribution in [-0.4, -0.2) is 36.1 Å². The second-order valence-electron chi connectivity index (χ2n) is 4.36. The molecule has 0 amide bonds. The Morgan fingerprint density at radius 3 is 3.12 bits per heavy atom. The first-order chi connectivity index (χ1) is 8.04. The van der Waals surface area contributed by atoms with Gasteiger partial charge < -0.3 is 10.5 Å². The number of fused-ring (bicyclic) bond motifs is 1. The zero-order chi connectivity index (χ0) is 12.4. The van der Waals surface area contributed by atoms with Crippen molar-refractivity contribution in [1.29, 1.82) is 0 Å². The molecule has 1 heterocycles. The molecule has 0 saturated heterocycles. The largest absolute Gasteiger partial charge is 0.488 e. The average molecular weight is 254 g/mol. The Hall–Kier alpha value is -1.20. The van der Waals surface area contributed by atoms with Gasteiger partial charge in [-0.3, -0.25) is 4.90 Å². The summed E-state index contributed by atoms with van der Waals surface area (Å²) in [5.74, 6) is 0.560. The quantitative estimate of drug-likeness (QED) is 0.823. The minimum absolute atomic E-state index is 0.0474. The van der Waals surface area contributed by atoms with Gasteiger partial charge in [0.15, 0.2) is 0 Å². The molecule has 0 saturated carbocycles. The molecule has 2 N–H and O–H groups in total. The zero-order valence-electron chi connectivity index (χ0n) is 9.65. The van der Waals surface area contributed by atoms with E-state index >= 15 is 0 Å². The van der Waals surface area contributed by atoms with Crippen LogP contribution in [0.3, 0.4) is 0 Å². The van der Waals surface area contributed by atoms with Crippen molar-refractivity contribution in [2.24, 2.45) is 5.73 Å². The second kappa shape index (κ2) is 4.98. The number of likely N-dealkylation sites (N-methyl/N-ethyl adjacent to an activating group) is 1. The van der Waals surface area contributed by atoms with Gasteiger partial charge in [-0.25, -0.2) is 4.39 Å². The van der Waals surface area contributed by atoms with Gasteiger partial charge in [-0.1, -0.05) is 12.2 Å². The van der Waals surface area contributed by atoms with E-state index in [2.05, 4.69) is 0 Å². The Labute approximate surface area is 105 Å². The van der Waals surface area contributed by atoms with E-state index in [1.54, 1.807) is 6.07 Å². The van der Waals surface area contributed by atoms with Crippen LogP contribution in [0.15, 0.2) is 18.2 Å². The number of halogens is 1. The first-order valence-corrected chi connectivity index (χ1v) is 5.87. The van der Waals surface area contributed by atoms with Gasteiger partial charge >= 0.3 is 0 Å². The summed E-state index contributed by atoms with van der Waals surface area (Å²) >= 11 is 4.84. The molecule has 0 bridgehead atoms. The van der Waals surface area contributed by atoms with Crippen LogP contribution in [-0.2, 0) is 6.42 Å². The van der Waals surface area contributed by atoms with Gasteiger partial charge in [0, 0.05) is 25.1 Å². The maximum absolute atomic E-state index is 13.0. The average Bonchev–Trinajstić information content (AvgIpc) is 2.57. The van der Waals surface area contributed by atoms with Crippen molar-refractivity contribution >= 4 is 17.2 Å². The van der Waals surface area contributed by atoms with E-state index in [0.29, 0.717) is 11.5 Å². The summed E-state index contributed by atoms with van der Waals surface area (Å²) in [7, 11) is 1.94. The fourth-order valence-corrected chi connectivity index (χ4v) is 2.29. The summed E-state index contributed by atoms with van der Waals surface area (Å²) in [6, 6.07) is 4.63. The lowest BCUT2D eigenvalue weighted by Gasteiger charge is -2.19. The van der Waals surface area contributed by atoms with Crippen LogP contribution in [0.4, 0.5) is 4.39 Å². The highest BCUT2D eigenvalue weighted by molar-refractivity contribution is 7.80. The van der Waals surface area contributed by atoms with Gasteiger partial charge in [0.05, 0.1) is 4.99 Å². The number of ether oxygens (including phenoxy) is 1. The van der Waals surface area contributed by atoms with Crippen molar-refractivity contribution in [3.05, 3.63) is 29.6 Å². The molecule has 0 aromatic heterocycles. The molecule has 5 heteroatoms. The topological polar surface area (TPSA) is 38.5 Å². The van der Waals surface area contributed by atoms with Gasteiger partial charge in [-0.05, 0) is 25.2 Å². The SMILES string of the molecule is CN(CC(N)=S)CC1Cc2cc(F)ccc2O1. The zero-order valence-corrected chi connectivity index (χ0v) is 10.5. The lowest BCUT2D eigenvalue weighted by Crippen LogP contribution is -2.36. The summed E-state index contributed by atoms with van der Waals surface area (Å²) in [5, 5.41) is 0. The first kappa shape index (κ1) is 12.3. The Kier molecular flexibility index (Phi) is 3.59. The van der Waals surface area contributed by atoms with Crippen LogP contribution >= 0.6 is 12.2 Å². The van der Waals surface area contributed by atoms with E-state index in [0.717, 1.165) is 24.3 Å². The fraction of sp³-hybridized carbons (Fsp3) is 0.417. The Morgan fingerprint density at radius 2 is 2.41 bits per heavy atom. The maximum Gasteiger partial charge on any atom is 0.123 e. The Bertz CT molecular complexity index is 439. The summed E-state index contributed by atoms with van der Waals surface area (Å²) < 4.78 is 18.7. The molecule has 0 aliphatic carbocycles. The fourth-order valence-electron chi connectivity index (χ4n) is 2.07. The number of rotatable bonds is 4. The van der Waals surface area contributed by atoms with Crippen molar-refractivity contribution in [2.45, 2.75) is 12.5 Å². The summed E-state index contributed by atoms with van der Waals surface area (Å²) in [5.41, 5.74) is 6.40. The molecule has 0 radical (unpaired) electrons. The van der Waals surface area contributed by atoms with Gasteiger partial charge in [0.1, 0.15) is 17.7 Å². The van der Waals surface area contributed by atoms with E-state index < -0.39 is 0 Å². The number of benzene rings is 1. The predicted molar refractivity (Wildman–Crippen MR) is 68.8 cm³/mol. The van der Waals surface area contributed by atoms with Gasteiger partial charge in [-0.15, -0.1) is 0 Å². The van der Waals surface area contributed by atoms with Gasteiger partial charge in [0.2, 0.25) is 0 Å². The normalized spacial score (nSPS) is 17.9. The molecule has 0 fully saturated rings. The van der Waals surface area contributed by atoms with Crippen molar-refractivity contribution in [3.63, 3.8) is 0 Å². The molecule has 1 aromatic carbocycles. The second-order valence-corrected chi connectivity index (χ2v) is 4.88. The van der Waals surface area contributed by atoms with Crippen molar-refractivity contribution in [2.75, 3.05) is 20.1 Å². The smallest absolute Gasteiger partial charge is 0.123 e. The number of hydrogen-bond acceptors (Lipinski definition) is 3.